The number of benzene rings is 1. The normalized spacial score (nSPS) is 10.7. The molecule has 4 nitrogen and oxygen atoms in total. The highest BCUT2D eigenvalue weighted by Gasteiger charge is 2.05. The Morgan fingerprint density at radius 2 is 2.00 bits per heavy atom. The van der Waals surface area contributed by atoms with Crippen LogP contribution in [-0.4, -0.2) is 16.9 Å². The summed E-state index contributed by atoms with van der Waals surface area (Å²) in [5, 5.41) is 0. The summed E-state index contributed by atoms with van der Waals surface area (Å²) >= 11 is 0. The van der Waals surface area contributed by atoms with Crippen LogP contribution in [0, 0.1) is 6.92 Å². The molecule has 0 fully saturated rings. The second-order valence-corrected chi connectivity index (χ2v) is 4.78. The summed E-state index contributed by atoms with van der Waals surface area (Å²) in [6.45, 7) is 3.85. The smallest absolute Gasteiger partial charge is 0.0564 e. The molecule has 0 amide bonds. The van der Waals surface area contributed by atoms with Gasteiger partial charge < -0.3 is 5.43 Å². The molecule has 0 aliphatic rings. The molecular weight excluding hydrogens is 236 g/mol. The van der Waals surface area contributed by atoms with Gasteiger partial charge in [-0.3, -0.25) is 15.7 Å². The summed E-state index contributed by atoms with van der Waals surface area (Å²) in [7, 11) is 2.09. The lowest BCUT2D eigenvalue weighted by Crippen LogP contribution is -2.19. The van der Waals surface area contributed by atoms with E-state index in [4.69, 9.17) is 5.84 Å². The Kier molecular flexibility index (Phi) is 4.49. The standard InChI is InChI=1S/C15H20N4/c1-12-5-3-4-6-13(12)10-19(2)11-15-9-14(18-16)7-8-17-15/h3-9H,10-11,16H2,1-2H3,(H,17,18). The molecule has 0 unspecified atom stereocenters. The van der Waals surface area contributed by atoms with E-state index in [0.717, 1.165) is 24.5 Å². The second kappa shape index (κ2) is 6.31. The van der Waals surface area contributed by atoms with Gasteiger partial charge in [-0.1, -0.05) is 24.3 Å². The number of nitrogen functional groups attached to an aromatic ring is 1. The molecule has 0 spiro atoms. The highest BCUT2D eigenvalue weighted by molar-refractivity contribution is 5.41. The van der Waals surface area contributed by atoms with Gasteiger partial charge in [-0.25, -0.2) is 0 Å². The molecule has 2 rings (SSSR count). The third kappa shape index (κ3) is 3.77. The average Bonchev–Trinajstić information content (AvgIpc) is 2.41. The zero-order chi connectivity index (χ0) is 13.7. The quantitative estimate of drug-likeness (QED) is 0.636. The van der Waals surface area contributed by atoms with Gasteiger partial charge in [0, 0.05) is 19.3 Å². The van der Waals surface area contributed by atoms with Gasteiger partial charge in [-0.2, -0.15) is 0 Å². The summed E-state index contributed by atoms with van der Waals surface area (Å²) in [4.78, 5) is 6.60. The Morgan fingerprint density at radius 1 is 1.21 bits per heavy atom. The lowest BCUT2D eigenvalue weighted by atomic mass is 10.1. The Labute approximate surface area is 114 Å². The molecule has 0 saturated heterocycles. The van der Waals surface area contributed by atoms with Gasteiger partial charge in [0.25, 0.3) is 0 Å². The highest BCUT2D eigenvalue weighted by atomic mass is 15.2. The van der Waals surface area contributed by atoms with Crippen LogP contribution in [0.2, 0.25) is 0 Å². The third-order valence-corrected chi connectivity index (χ3v) is 3.12. The van der Waals surface area contributed by atoms with E-state index < -0.39 is 0 Å². The number of hydrogen-bond acceptors (Lipinski definition) is 4. The molecular formula is C15H20N4. The van der Waals surface area contributed by atoms with Crippen molar-refractivity contribution in [1.29, 1.82) is 0 Å². The lowest BCUT2D eigenvalue weighted by Gasteiger charge is -2.17. The van der Waals surface area contributed by atoms with Gasteiger partial charge in [-0.15, -0.1) is 0 Å². The highest BCUT2D eigenvalue weighted by Crippen LogP contribution is 2.12. The number of nitrogens with one attached hydrogen (secondary N) is 1. The van der Waals surface area contributed by atoms with Crippen molar-refractivity contribution in [3.63, 3.8) is 0 Å². The molecule has 1 aromatic heterocycles. The first-order valence-electron chi connectivity index (χ1n) is 6.33. The van der Waals surface area contributed by atoms with Crippen LogP contribution in [0.5, 0.6) is 0 Å². The lowest BCUT2D eigenvalue weighted by molar-refractivity contribution is 0.314. The number of rotatable bonds is 5. The van der Waals surface area contributed by atoms with E-state index in [1.165, 1.54) is 11.1 Å². The Balaban J connectivity index is 2.01. The summed E-state index contributed by atoms with van der Waals surface area (Å²) in [6.07, 6.45) is 1.77. The molecule has 0 atom stereocenters. The van der Waals surface area contributed by atoms with Gasteiger partial charge in [0.2, 0.25) is 0 Å². The van der Waals surface area contributed by atoms with Crippen LogP contribution in [0.4, 0.5) is 5.69 Å². The number of nitrogens with zero attached hydrogens (tertiary/aromatic N) is 2. The van der Waals surface area contributed by atoms with Crippen molar-refractivity contribution in [2.45, 2.75) is 20.0 Å². The van der Waals surface area contributed by atoms with Crippen LogP contribution in [0.25, 0.3) is 0 Å². The molecule has 0 radical (unpaired) electrons. The fourth-order valence-corrected chi connectivity index (χ4v) is 2.07. The van der Waals surface area contributed by atoms with Gasteiger partial charge in [0.05, 0.1) is 11.4 Å². The number of hydrogen-bond donors (Lipinski definition) is 2. The molecule has 1 aromatic carbocycles. The fourth-order valence-electron chi connectivity index (χ4n) is 2.07. The van der Waals surface area contributed by atoms with E-state index in [0.29, 0.717) is 0 Å². The summed E-state index contributed by atoms with van der Waals surface area (Å²) < 4.78 is 0. The van der Waals surface area contributed by atoms with Crippen LogP contribution in [-0.2, 0) is 13.1 Å². The SMILES string of the molecule is Cc1ccccc1CN(C)Cc1cc(NN)ccn1. The summed E-state index contributed by atoms with van der Waals surface area (Å²) in [5.41, 5.74) is 7.20. The molecule has 0 saturated carbocycles. The van der Waals surface area contributed by atoms with Gasteiger partial charge in [0.1, 0.15) is 0 Å². The van der Waals surface area contributed by atoms with Crippen molar-refractivity contribution < 1.29 is 0 Å². The van der Waals surface area contributed by atoms with E-state index in [-0.39, 0.29) is 0 Å². The van der Waals surface area contributed by atoms with Crippen molar-refractivity contribution >= 4 is 5.69 Å². The van der Waals surface area contributed by atoms with Crippen molar-refractivity contribution in [2.75, 3.05) is 12.5 Å². The zero-order valence-electron chi connectivity index (χ0n) is 11.4. The Hall–Kier alpha value is -1.91. The molecule has 0 bridgehead atoms. The van der Waals surface area contributed by atoms with Crippen molar-refractivity contribution in [3.8, 4) is 0 Å². The predicted molar refractivity (Wildman–Crippen MR) is 78.4 cm³/mol. The van der Waals surface area contributed by atoms with Gasteiger partial charge in [0.15, 0.2) is 0 Å². The van der Waals surface area contributed by atoms with Crippen LogP contribution < -0.4 is 11.3 Å². The van der Waals surface area contributed by atoms with Crippen LogP contribution in [0.1, 0.15) is 16.8 Å². The van der Waals surface area contributed by atoms with E-state index in [1.54, 1.807) is 6.20 Å². The minimum atomic E-state index is 0.795. The predicted octanol–water partition coefficient (Wildman–Crippen LogP) is 2.31. The van der Waals surface area contributed by atoms with Gasteiger partial charge >= 0.3 is 0 Å². The third-order valence-electron chi connectivity index (χ3n) is 3.12. The van der Waals surface area contributed by atoms with E-state index >= 15 is 0 Å². The zero-order valence-corrected chi connectivity index (χ0v) is 11.4. The number of nitrogens with two attached hydrogens (primary N) is 1. The second-order valence-electron chi connectivity index (χ2n) is 4.78. The Bertz CT molecular complexity index is 539. The van der Waals surface area contributed by atoms with E-state index in [1.807, 2.05) is 12.1 Å². The Morgan fingerprint density at radius 3 is 2.74 bits per heavy atom. The fraction of sp³-hybridized carbons (Fsp3) is 0.267. The maximum Gasteiger partial charge on any atom is 0.0564 e. The van der Waals surface area contributed by atoms with Crippen molar-refractivity contribution in [1.82, 2.24) is 9.88 Å². The number of aryl methyl sites for hydroxylation is 1. The molecule has 2 aromatic rings. The van der Waals surface area contributed by atoms with Crippen LogP contribution in [0.3, 0.4) is 0 Å². The molecule has 3 N–H and O–H groups in total. The number of anilines is 1. The maximum absolute atomic E-state index is 5.40. The van der Waals surface area contributed by atoms with Crippen LogP contribution in [0.15, 0.2) is 42.6 Å². The van der Waals surface area contributed by atoms with Gasteiger partial charge in [-0.05, 0) is 37.2 Å². The molecule has 100 valence electrons. The number of hydrazine groups is 1. The van der Waals surface area contributed by atoms with Crippen molar-refractivity contribution in [3.05, 3.63) is 59.4 Å². The molecule has 1 heterocycles. The van der Waals surface area contributed by atoms with Crippen LogP contribution >= 0.6 is 0 Å². The summed E-state index contributed by atoms with van der Waals surface area (Å²) in [6, 6.07) is 12.3. The van der Waals surface area contributed by atoms with E-state index in [9.17, 15) is 0 Å². The molecule has 0 aliphatic heterocycles. The minimum absolute atomic E-state index is 0.795. The first-order chi connectivity index (χ1) is 9.19. The number of aromatic nitrogens is 1. The monoisotopic (exact) mass is 256 g/mol. The molecule has 0 aliphatic carbocycles. The maximum atomic E-state index is 5.40. The largest absolute Gasteiger partial charge is 0.324 e. The first-order valence-corrected chi connectivity index (χ1v) is 6.33. The average molecular weight is 256 g/mol. The summed E-state index contributed by atoms with van der Waals surface area (Å²) in [5.74, 6) is 5.40. The topological polar surface area (TPSA) is 54.2 Å². The molecule has 4 heteroatoms. The molecule has 19 heavy (non-hydrogen) atoms. The van der Waals surface area contributed by atoms with E-state index in [2.05, 4.69) is 53.5 Å². The minimum Gasteiger partial charge on any atom is -0.324 e. The first kappa shape index (κ1) is 13.5. The van der Waals surface area contributed by atoms with Crippen molar-refractivity contribution in [2.24, 2.45) is 5.84 Å². The number of pyridine rings is 1.